The van der Waals surface area contributed by atoms with Gasteiger partial charge in [-0.15, -0.1) is 0 Å². The topological polar surface area (TPSA) is 73.6 Å². The van der Waals surface area contributed by atoms with E-state index < -0.39 is 10.7 Å². The summed E-state index contributed by atoms with van der Waals surface area (Å²) >= 11 is 0. The zero-order valence-corrected chi connectivity index (χ0v) is 12.0. The zero-order valence-electron chi connectivity index (χ0n) is 12.0. The number of rotatable bonds is 7. The number of nitro groups is 1. The molecule has 1 saturated carbocycles. The lowest BCUT2D eigenvalue weighted by molar-refractivity contribution is -0.386. The summed E-state index contributed by atoms with van der Waals surface area (Å²) < 4.78 is 24.5. The molecule has 21 heavy (non-hydrogen) atoms. The molecule has 0 aliphatic heterocycles. The number of nitro benzene ring substituents is 1. The van der Waals surface area contributed by atoms with Crippen molar-refractivity contribution >= 4 is 5.69 Å². The number of hydrogen-bond donors (Lipinski definition) is 1. The summed E-state index contributed by atoms with van der Waals surface area (Å²) in [7, 11) is 1.84. The number of hydrogen-bond acceptors (Lipinski definition) is 5. The molecule has 1 aliphatic carbocycles. The van der Waals surface area contributed by atoms with Gasteiger partial charge in [-0.1, -0.05) is 6.92 Å². The van der Waals surface area contributed by atoms with Gasteiger partial charge in [0.2, 0.25) is 0 Å². The van der Waals surface area contributed by atoms with Crippen molar-refractivity contribution in [2.24, 2.45) is 0 Å². The Hall–Kier alpha value is -1.73. The molecular weight excluding hydrogens is 279 g/mol. The lowest BCUT2D eigenvalue weighted by Gasteiger charge is -2.43. The molecule has 7 heteroatoms. The molecule has 0 aromatic heterocycles. The number of benzene rings is 1. The van der Waals surface area contributed by atoms with E-state index in [9.17, 15) is 14.5 Å². The second-order valence-electron chi connectivity index (χ2n) is 4.99. The van der Waals surface area contributed by atoms with Crippen LogP contribution in [0.1, 0.15) is 19.8 Å². The van der Waals surface area contributed by atoms with Crippen molar-refractivity contribution in [1.29, 1.82) is 0 Å². The van der Waals surface area contributed by atoms with Crippen LogP contribution in [0.15, 0.2) is 18.2 Å². The molecule has 0 amide bonds. The van der Waals surface area contributed by atoms with Crippen molar-refractivity contribution < 1.29 is 18.8 Å². The zero-order chi connectivity index (χ0) is 15.4. The molecule has 1 aromatic rings. The molecule has 6 nitrogen and oxygen atoms in total. The van der Waals surface area contributed by atoms with Crippen molar-refractivity contribution in [2.75, 3.05) is 13.7 Å². The van der Waals surface area contributed by atoms with Gasteiger partial charge in [-0.25, -0.2) is 4.39 Å². The fourth-order valence-electron chi connectivity index (χ4n) is 2.35. The van der Waals surface area contributed by atoms with Gasteiger partial charge in [0, 0.05) is 19.1 Å². The molecule has 0 spiro atoms. The highest BCUT2D eigenvalue weighted by atomic mass is 19.1. The fourth-order valence-corrected chi connectivity index (χ4v) is 2.35. The van der Waals surface area contributed by atoms with Crippen LogP contribution < -0.4 is 10.1 Å². The van der Waals surface area contributed by atoms with Crippen molar-refractivity contribution in [2.45, 2.75) is 38.0 Å². The minimum atomic E-state index is -0.658. The first-order chi connectivity index (χ1) is 10.1. The van der Waals surface area contributed by atoms with Gasteiger partial charge in [-0.2, -0.15) is 0 Å². The monoisotopic (exact) mass is 298 g/mol. The Bertz CT molecular complexity index is 512. The fraction of sp³-hybridized carbons (Fsp3) is 0.571. The van der Waals surface area contributed by atoms with Crippen LogP contribution in [0.5, 0.6) is 5.75 Å². The first-order valence-corrected chi connectivity index (χ1v) is 6.96. The van der Waals surface area contributed by atoms with Crippen LogP contribution >= 0.6 is 0 Å². The Balaban J connectivity index is 2.09. The van der Waals surface area contributed by atoms with Crippen molar-refractivity contribution in [3.63, 3.8) is 0 Å². The maximum absolute atomic E-state index is 13.1. The maximum atomic E-state index is 13.1. The van der Waals surface area contributed by atoms with E-state index in [0.29, 0.717) is 13.0 Å². The Morgan fingerprint density at radius 2 is 2.29 bits per heavy atom. The Kier molecular flexibility index (Phi) is 5.08. The molecule has 1 N–H and O–H groups in total. The average Bonchev–Trinajstić information content (AvgIpc) is 2.44. The minimum absolute atomic E-state index is 0.0750. The van der Waals surface area contributed by atoms with Crippen LogP contribution in [-0.4, -0.2) is 36.8 Å². The molecule has 0 bridgehead atoms. The van der Waals surface area contributed by atoms with E-state index in [1.807, 2.05) is 14.0 Å². The van der Waals surface area contributed by atoms with Gasteiger partial charge in [0.25, 0.3) is 0 Å². The van der Waals surface area contributed by atoms with E-state index in [4.69, 9.17) is 9.47 Å². The second-order valence-corrected chi connectivity index (χ2v) is 4.99. The molecular formula is C14H19FN2O4. The molecule has 3 atom stereocenters. The molecule has 3 unspecified atom stereocenters. The number of nitrogens with zero attached hydrogens (tertiary/aromatic N) is 1. The molecule has 1 aliphatic rings. The number of likely N-dealkylation sites (N-methyl/N-ethyl adjacent to an activating group) is 1. The lowest BCUT2D eigenvalue weighted by Crippen LogP contribution is -2.60. The number of ether oxygens (including phenoxy) is 2. The van der Waals surface area contributed by atoms with E-state index in [2.05, 4.69) is 5.32 Å². The quantitative estimate of drug-likeness (QED) is 0.617. The van der Waals surface area contributed by atoms with Gasteiger partial charge in [0.1, 0.15) is 18.0 Å². The van der Waals surface area contributed by atoms with Gasteiger partial charge in [-0.05, 0) is 25.6 Å². The van der Waals surface area contributed by atoms with Crippen LogP contribution in [0.3, 0.4) is 0 Å². The first-order valence-electron chi connectivity index (χ1n) is 6.96. The third kappa shape index (κ3) is 3.48. The van der Waals surface area contributed by atoms with Crippen molar-refractivity contribution in [3.05, 3.63) is 34.1 Å². The van der Waals surface area contributed by atoms with Crippen LogP contribution in [0.4, 0.5) is 10.1 Å². The highest BCUT2D eigenvalue weighted by molar-refractivity contribution is 5.46. The van der Waals surface area contributed by atoms with Crippen LogP contribution in [0, 0.1) is 15.9 Å². The van der Waals surface area contributed by atoms with E-state index in [1.165, 1.54) is 6.07 Å². The third-order valence-electron chi connectivity index (χ3n) is 3.53. The van der Waals surface area contributed by atoms with Gasteiger partial charge in [0.05, 0.1) is 11.0 Å². The summed E-state index contributed by atoms with van der Waals surface area (Å²) in [5.41, 5.74) is -0.364. The number of halogens is 1. The van der Waals surface area contributed by atoms with Gasteiger partial charge < -0.3 is 14.8 Å². The Labute approximate surface area is 122 Å². The Morgan fingerprint density at radius 1 is 1.52 bits per heavy atom. The highest BCUT2D eigenvalue weighted by Gasteiger charge is 2.43. The molecule has 0 saturated heterocycles. The van der Waals surface area contributed by atoms with Crippen LogP contribution in [-0.2, 0) is 4.74 Å². The van der Waals surface area contributed by atoms with Gasteiger partial charge in [0.15, 0.2) is 5.75 Å². The summed E-state index contributed by atoms with van der Waals surface area (Å²) in [5.74, 6) is -0.583. The van der Waals surface area contributed by atoms with Crippen molar-refractivity contribution in [3.8, 4) is 5.75 Å². The summed E-state index contributed by atoms with van der Waals surface area (Å²) in [6.07, 6.45) is 1.16. The molecule has 1 aromatic carbocycles. The second kappa shape index (κ2) is 6.82. The van der Waals surface area contributed by atoms with Crippen molar-refractivity contribution in [1.82, 2.24) is 5.32 Å². The summed E-state index contributed by atoms with van der Waals surface area (Å²) in [4.78, 5) is 10.3. The maximum Gasteiger partial charge on any atom is 0.313 e. The van der Waals surface area contributed by atoms with Gasteiger partial charge in [-0.3, -0.25) is 10.1 Å². The lowest BCUT2D eigenvalue weighted by atomic mass is 9.85. The molecule has 116 valence electrons. The SMILES string of the molecule is CCCOC1C(NC)CC1Oc1ccc(F)cc1[N+](=O)[O-]. The van der Waals surface area contributed by atoms with E-state index in [1.54, 1.807) is 0 Å². The standard InChI is InChI=1S/C14H19FN2O4/c1-3-6-20-14-10(16-2)8-13(14)21-12-5-4-9(15)7-11(12)17(18)19/h4-5,7,10,13-14,16H,3,6,8H2,1-2H3. The molecule has 0 heterocycles. The third-order valence-corrected chi connectivity index (χ3v) is 3.53. The van der Waals surface area contributed by atoms with E-state index in [-0.39, 0.29) is 29.7 Å². The van der Waals surface area contributed by atoms with E-state index in [0.717, 1.165) is 18.6 Å². The minimum Gasteiger partial charge on any atom is -0.481 e. The summed E-state index contributed by atoms with van der Waals surface area (Å²) in [6.45, 7) is 2.61. The number of nitrogens with one attached hydrogen (secondary N) is 1. The van der Waals surface area contributed by atoms with Crippen LogP contribution in [0.2, 0.25) is 0 Å². The summed E-state index contributed by atoms with van der Waals surface area (Å²) in [6, 6.07) is 3.47. The molecule has 2 rings (SSSR count). The molecule has 0 radical (unpaired) electrons. The van der Waals surface area contributed by atoms with Crippen LogP contribution in [0.25, 0.3) is 0 Å². The first kappa shape index (κ1) is 15.7. The average molecular weight is 298 g/mol. The summed E-state index contributed by atoms with van der Waals surface area (Å²) in [5, 5.41) is 14.1. The van der Waals surface area contributed by atoms with Gasteiger partial charge >= 0.3 is 5.69 Å². The Morgan fingerprint density at radius 3 is 2.90 bits per heavy atom. The smallest absolute Gasteiger partial charge is 0.313 e. The largest absolute Gasteiger partial charge is 0.481 e. The highest BCUT2D eigenvalue weighted by Crippen LogP contribution is 2.34. The molecule has 1 fully saturated rings. The van der Waals surface area contributed by atoms with E-state index >= 15 is 0 Å². The predicted octanol–water partition coefficient (Wildman–Crippen LogP) is 2.27. The predicted molar refractivity (Wildman–Crippen MR) is 75.0 cm³/mol. The normalized spacial score (nSPS) is 24.4.